The molecule has 0 aromatic carbocycles. The summed E-state index contributed by atoms with van der Waals surface area (Å²) in [6.07, 6.45) is 3.89. The molecule has 0 saturated carbocycles. The summed E-state index contributed by atoms with van der Waals surface area (Å²) in [5.74, 6) is 0. The number of hydrogen-bond donors (Lipinski definition) is 2. The van der Waals surface area contributed by atoms with E-state index in [1.54, 1.807) is 0 Å². The molecule has 0 amide bonds. The maximum Gasteiger partial charge on any atom is 0.0189 e. The smallest absolute Gasteiger partial charge is 0.0189 e. The van der Waals surface area contributed by atoms with Gasteiger partial charge < -0.3 is 10.6 Å². The van der Waals surface area contributed by atoms with E-state index < -0.39 is 0 Å². The fourth-order valence-electron chi connectivity index (χ4n) is 1.32. The predicted molar refractivity (Wildman–Crippen MR) is 44.2 cm³/mol. The van der Waals surface area contributed by atoms with Crippen molar-refractivity contribution in [1.82, 2.24) is 10.6 Å². The Bertz CT molecular complexity index is 75.3. The molecule has 1 rings (SSSR count). The molecule has 1 saturated heterocycles. The van der Waals surface area contributed by atoms with Crippen LogP contribution < -0.4 is 10.6 Å². The van der Waals surface area contributed by atoms with E-state index in [0.29, 0.717) is 6.04 Å². The van der Waals surface area contributed by atoms with Crippen LogP contribution in [0.15, 0.2) is 0 Å². The first-order chi connectivity index (χ1) is 4.93. The summed E-state index contributed by atoms with van der Waals surface area (Å²) in [6.45, 7) is 5.80. The molecule has 1 unspecified atom stereocenters. The lowest BCUT2D eigenvalue weighted by molar-refractivity contribution is 0.423. The van der Waals surface area contributed by atoms with Crippen LogP contribution in [0, 0.1) is 0 Å². The van der Waals surface area contributed by atoms with Crippen molar-refractivity contribution in [3.05, 3.63) is 0 Å². The Hall–Kier alpha value is -0.0800. The SMILES string of the molecule is CCC1CNCCCCN1. The molecule has 0 spiro atoms. The molecule has 60 valence electrons. The molecule has 1 atom stereocenters. The van der Waals surface area contributed by atoms with E-state index in [-0.39, 0.29) is 0 Å². The molecule has 1 fully saturated rings. The molecule has 0 aliphatic carbocycles. The summed E-state index contributed by atoms with van der Waals surface area (Å²) in [4.78, 5) is 0. The third-order valence-corrected chi connectivity index (χ3v) is 2.10. The quantitative estimate of drug-likeness (QED) is 0.564. The molecular formula is C8H18N2. The van der Waals surface area contributed by atoms with E-state index >= 15 is 0 Å². The first kappa shape index (κ1) is 8.02. The Morgan fingerprint density at radius 2 is 2.10 bits per heavy atom. The molecule has 1 heterocycles. The molecular weight excluding hydrogens is 124 g/mol. The summed E-state index contributed by atoms with van der Waals surface area (Å²) in [5.41, 5.74) is 0. The van der Waals surface area contributed by atoms with Gasteiger partial charge in [0.05, 0.1) is 0 Å². The summed E-state index contributed by atoms with van der Waals surface area (Å²) in [7, 11) is 0. The molecule has 2 heteroatoms. The summed E-state index contributed by atoms with van der Waals surface area (Å²) < 4.78 is 0. The van der Waals surface area contributed by atoms with Gasteiger partial charge in [-0.1, -0.05) is 6.92 Å². The highest BCUT2D eigenvalue weighted by atomic mass is 15.0. The van der Waals surface area contributed by atoms with Crippen molar-refractivity contribution in [2.45, 2.75) is 32.2 Å². The maximum absolute atomic E-state index is 3.51. The van der Waals surface area contributed by atoms with Crippen molar-refractivity contribution in [1.29, 1.82) is 0 Å². The molecule has 2 N–H and O–H groups in total. The van der Waals surface area contributed by atoms with Crippen LogP contribution in [-0.4, -0.2) is 25.7 Å². The van der Waals surface area contributed by atoms with Crippen molar-refractivity contribution in [2.24, 2.45) is 0 Å². The van der Waals surface area contributed by atoms with E-state index in [2.05, 4.69) is 17.6 Å². The van der Waals surface area contributed by atoms with Gasteiger partial charge in [-0.05, 0) is 32.4 Å². The lowest BCUT2D eigenvalue weighted by Gasteiger charge is -2.20. The van der Waals surface area contributed by atoms with Gasteiger partial charge in [-0.2, -0.15) is 0 Å². The van der Waals surface area contributed by atoms with E-state index in [0.717, 1.165) is 6.54 Å². The molecule has 0 aromatic heterocycles. The van der Waals surface area contributed by atoms with Crippen LogP contribution in [-0.2, 0) is 0 Å². The van der Waals surface area contributed by atoms with Crippen LogP contribution in [0.1, 0.15) is 26.2 Å². The van der Waals surface area contributed by atoms with Gasteiger partial charge in [-0.3, -0.25) is 0 Å². The average molecular weight is 142 g/mol. The van der Waals surface area contributed by atoms with E-state index in [4.69, 9.17) is 0 Å². The van der Waals surface area contributed by atoms with Gasteiger partial charge in [0.15, 0.2) is 0 Å². The van der Waals surface area contributed by atoms with Crippen LogP contribution in [0.3, 0.4) is 0 Å². The molecule has 0 radical (unpaired) electrons. The van der Waals surface area contributed by atoms with E-state index in [9.17, 15) is 0 Å². The van der Waals surface area contributed by atoms with Gasteiger partial charge in [0.2, 0.25) is 0 Å². The molecule has 2 nitrogen and oxygen atoms in total. The van der Waals surface area contributed by atoms with Crippen molar-refractivity contribution in [3.63, 3.8) is 0 Å². The Kier molecular flexibility index (Phi) is 3.76. The van der Waals surface area contributed by atoms with Gasteiger partial charge in [-0.15, -0.1) is 0 Å². The average Bonchev–Trinajstić information content (AvgIpc) is 1.87. The van der Waals surface area contributed by atoms with E-state index in [1.807, 2.05) is 0 Å². The van der Waals surface area contributed by atoms with E-state index in [1.165, 1.54) is 32.4 Å². The minimum Gasteiger partial charge on any atom is -0.315 e. The van der Waals surface area contributed by atoms with Crippen LogP contribution in [0.2, 0.25) is 0 Å². The standard InChI is InChI=1S/C8H18N2/c1-2-8-7-9-5-3-4-6-10-8/h8-10H,2-7H2,1H3. The normalized spacial score (nSPS) is 29.1. The summed E-state index contributed by atoms with van der Waals surface area (Å²) in [6, 6.07) is 0.709. The third kappa shape index (κ3) is 2.67. The molecule has 1 aliphatic rings. The van der Waals surface area contributed by atoms with Crippen molar-refractivity contribution in [2.75, 3.05) is 19.6 Å². The van der Waals surface area contributed by atoms with Gasteiger partial charge in [0, 0.05) is 12.6 Å². The zero-order valence-corrected chi connectivity index (χ0v) is 6.82. The Morgan fingerprint density at radius 1 is 1.30 bits per heavy atom. The lowest BCUT2D eigenvalue weighted by Crippen LogP contribution is -2.41. The Morgan fingerprint density at radius 3 is 2.90 bits per heavy atom. The predicted octanol–water partition coefficient (Wildman–Crippen LogP) is 0.738. The lowest BCUT2D eigenvalue weighted by atomic mass is 10.2. The number of rotatable bonds is 1. The Balaban J connectivity index is 2.16. The van der Waals surface area contributed by atoms with Gasteiger partial charge in [0.1, 0.15) is 0 Å². The molecule has 0 aromatic rings. The molecule has 1 aliphatic heterocycles. The van der Waals surface area contributed by atoms with Gasteiger partial charge in [-0.25, -0.2) is 0 Å². The minimum absolute atomic E-state index is 0.709. The van der Waals surface area contributed by atoms with Gasteiger partial charge in [0.25, 0.3) is 0 Å². The van der Waals surface area contributed by atoms with Crippen molar-refractivity contribution in [3.8, 4) is 0 Å². The molecule has 0 bridgehead atoms. The highest BCUT2D eigenvalue weighted by Gasteiger charge is 2.05. The highest BCUT2D eigenvalue weighted by Crippen LogP contribution is 1.94. The Labute approximate surface area is 63.4 Å². The number of nitrogens with one attached hydrogen (secondary N) is 2. The summed E-state index contributed by atoms with van der Waals surface area (Å²) in [5, 5.41) is 6.93. The van der Waals surface area contributed by atoms with Crippen molar-refractivity contribution < 1.29 is 0 Å². The zero-order valence-electron chi connectivity index (χ0n) is 6.82. The highest BCUT2D eigenvalue weighted by molar-refractivity contribution is 4.70. The third-order valence-electron chi connectivity index (χ3n) is 2.10. The van der Waals surface area contributed by atoms with Crippen LogP contribution >= 0.6 is 0 Å². The topological polar surface area (TPSA) is 24.1 Å². The number of hydrogen-bond acceptors (Lipinski definition) is 2. The summed E-state index contributed by atoms with van der Waals surface area (Å²) >= 11 is 0. The van der Waals surface area contributed by atoms with Crippen LogP contribution in [0.5, 0.6) is 0 Å². The molecule has 10 heavy (non-hydrogen) atoms. The second kappa shape index (κ2) is 4.69. The van der Waals surface area contributed by atoms with Crippen molar-refractivity contribution >= 4 is 0 Å². The monoisotopic (exact) mass is 142 g/mol. The fraction of sp³-hybridized carbons (Fsp3) is 1.00. The fourth-order valence-corrected chi connectivity index (χ4v) is 1.32. The second-order valence-corrected chi connectivity index (χ2v) is 2.97. The van der Waals surface area contributed by atoms with Crippen LogP contribution in [0.4, 0.5) is 0 Å². The minimum atomic E-state index is 0.709. The first-order valence-electron chi connectivity index (χ1n) is 4.37. The largest absolute Gasteiger partial charge is 0.315 e. The second-order valence-electron chi connectivity index (χ2n) is 2.97. The first-order valence-corrected chi connectivity index (χ1v) is 4.37. The zero-order chi connectivity index (χ0) is 7.23. The maximum atomic E-state index is 3.51. The van der Waals surface area contributed by atoms with Gasteiger partial charge >= 0.3 is 0 Å². The van der Waals surface area contributed by atoms with Crippen LogP contribution in [0.25, 0.3) is 0 Å².